The Morgan fingerprint density at radius 2 is 2.00 bits per heavy atom. The van der Waals surface area contributed by atoms with Gasteiger partial charge in [0.25, 0.3) is 0 Å². The summed E-state index contributed by atoms with van der Waals surface area (Å²) in [6.07, 6.45) is 12.9. The Kier molecular flexibility index (Phi) is 9.50. The second-order valence-corrected chi connectivity index (χ2v) is 8.60. The molecule has 3 N–H and O–H groups in total. The quantitative estimate of drug-likeness (QED) is 0.315. The Bertz CT molecular complexity index is 596. The number of alkyl halides is 1. The van der Waals surface area contributed by atoms with Crippen LogP contribution in [0.5, 0.6) is 0 Å². The fraction of sp³-hybridized carbons (Fsp3) is 0.739. The number of carbonyl (C=O) groups excluding carboxylic acids is 1. The van der Waals surface area contributed by atoms with Gasteiger partial charge >= 0.3 is 5.97 Å². The first-order valence-corrected chi connectivity index (χ1v) is 10.9. The number of aliphatic carboxylic acids is 1. The molecule has 0 radical (unpaired) electrons. The number of rotatable bonds is 13. The molecule has 2 fully saturated rings. The lowest BCUT2D eigenvalue weighted by atomic mass is 9.62. The summed E-state index contributed by atoms with van der Waals surface area (Å²) in [7, 11) is 0. The molecule has 2 aliphatic carbocycles. The maximum atomic E-state index is 12.5. The second-order valence-electron chi connectivity index (χ2n) is 8.60. The predicted molar refractivity (Wildman–Crippen MR) is 109 cm³/mol. The van der Waals surface area contributed by atoms with E-state index >= 15 is 0 Å². The molecule has 0 aliphatic heterocycles. The molecule has 5 nitrogen and oxygen atoms in total. The third-order valence-corrected chi connectivity index (χ3v) is 6.63. The molecule has 164 valence electrons. The van der Waals surface area contributed by atoms with Gasteiger partial charge in [-0.15, -0.1) is 0 Å². The third-order valence-electron chi connectivity index (χ3n) is 6.63. The SMILES string of the molecule is O=C(O)CCCC=CC[C@H]1C(=O)C[C@@H](O)[C@@H]1C=CCC(O)C1(CCCF)CCC1. The molecule has 2 saturated carbocycles. The van der Waals surface area contributed by atoms with E-state index in [1.54, 1.807) is 0 Å². The number of aliphatic hydroxyl groups excluding tert-OH is 2. The maximum Gasteiger partial charge on any atom is 0.303 e. The molecule has 0 amide bonds. The van der Waals surface area contributed by atoms with Crippen molar-refractivity contribution in [2.24, 2.45) is 17.3 Å². The minimum atomic E-state index is -0.812. The Morgan fingerprint density at radius 1 is 1.24 bits per heavy atom. The van der Waals surface area contributed by atoms with E-state index in [1.807, 2.05) is 24.3 Å². The lowest BCUT2D eigenvalue weighted by molar-refractivity contribution is -0.137. The number of hydrogen-bond acceptors (Lipinski definition) is 4. The smallest absolute Gasteiger partial charge is 0.303 e. The van der Waals surface area contributed by atoms with E-state index in [9.17, 15) is 24.2 Å². The second kappa shape index (κ2) is 11.6. The molecule has 0 aromatic rings. The molecular formula is C23H35FO5. The average Bonchev–Trinajstić information content (AvgIpc) is 2.90. The van der Waals surface area contributed by atoms with Crippen LogP contribution in [0.25, 0.3) is 0 Å². The van der Waals surface area contributed by atoms with Crippen molar-refractivity contribution < 1.29 is 29.3 Å². The van der Waals surface area contributed by atoms with E-state index in [2.05, 4.69) is 0 Å². The average molecular weight is 411 g/mol. The van der Waals surface area contributed by atoms with Gasteiger partial charge in [0.15, 0.2) is 0 Å². The van der Waals surface area contributed by atoms with Crippen molar-refractivity contribution in [2.75, 3.05) is 6.67 Å². The van der Waals surface area contributed by atoms with Crippen molar-refractivity contribution in [2.45, 2.75) is 82.8 Å². The number of allylic oxidation sites excluding steroid dienone is 2. The number of carboxylic acids is 1. The van der Waals surface area contributed by atoms with Crippen LogP contribution in [0.1, 0.15) is 70.6 Å². The van der Waals surface area contributed by atoms with Gasteiger partial charge in [0.05, 0.1) is 18.9 Å². The highest BCUT2D eigenvalue weighted by molar-refractivity contribution is 5.84. The number of halogens is 1. The number of unbranched alkanes of at least 4 members (excludes halogenated alkanes) is 1. The van der Waals surface area contributed by atoms with E-state index in [4.69, 9.17) is 5.11 Å². The summed E-state index contributed by atoms with van der Waals surface area (Å²) in [5, 5.41) is 29.5. The van der Waals surface area contributed by atoms with Crippen LogP contribution < -0.4 is 0 Å². The van der Waals surface area contributed by atoms with Crippen LogP contribution in [-0.2, 0) is 9.59 Å². The first-order valence-electron chi connectivity index (χ1n) is 10.9. The number of carboxylic acid groups (broad SMARTS) is 1. The van der Waals surface area contributed by atoms with E-state index in [0.717, 1.165) is 19.3 Å². The van der Waals surface area contributed by atoms with Crippen molar-refractivity contribution in [1.82, 2.24) is 0 Å². The topological polar surface area (TPSA) is 94.8 Å². The molecule has 0 aromatic heterocycles. The summed E-state index contributed by atoms with van der Waals surface area (Å²) in [4.78, 5) is 22.8. The Morgan fingerprint density at radius 3 is 2.62 bits per heavy atom. The van der Waals surface area contributed by atoms with Gasteiger partial charge < -0.3 is 15.3 Å². The highest BCUT2D eigenvalue weighted by Gasteiger charge is 2.42. The van der Waals surface area contributed by atoms with Crippen molar-refractivity contribution in [3.63, 3.8) is 0 Å². The lowest BCUT2D eigenvalue weighted by Gasteiger charge is -2.45. The van der Waals surface area contributed by atoms with Crippen LogP contribution in [0.15, 0.2) is 24.3 Å². The molecule has 2 aliphatic rings. The number of aliphatic hydroxyl groups is 2. The summed E-state index contributed by atoms with van der Waals surface area (Å²) in [6, 6.07) is 0. The van der Waals surface area contributed by atoms with E-state index < -0.39 is 18.2 Å². The molecule has 0 spiro atoms. The molecule has 0 bridgehead atoms. The zero-order valence-electron chi connectivity index (χ0n) is 17.1. The largest absolute Gasteiger partial charge is 0.481 e. The number of ketones is 1. The number of Topliss-reactive ketones (excluding diaryl/α,β-unsaturated/α-hetero) is 1. The fourth-order valence-electron chi connectivity index (χ4n) is 4.67. The molecule has 29 heavy (non-hydrogen) atoms. The van der Waals surface area contributed by atoms with Crippen molar-refractivity contribution in [3.8, 4) is 0 Å². The van der Waals surface area contributed by atoms with Gasteiger partial charge in [-0.3, -0.25) is 14.0 Å². The van der Waals surface area contributed by atoms with Crippen LogP contribution >= 0.6 is 0 Å². The highest BCUT2D eigenvalue weighted by Crippen LogP contribution is 2.48. The van der Waals surface area contributed by atoms with Gasteiger partial charge in [0.1, 0.15) is 5.78 Å². The molecule has 0 heterocycles. The minimum Gasteiger partial charge on any atom is -0.481 e. The monoisotopic (exact) mass is 410 g/mol. The van der Waals surface area contributed by atoms with Gasteiger partial charge in [0.2, 0.25) is 0 Å². The van der Waals surface area contributed by atoms with E-state index in [1.165, 1.54) is 0 Å². The van der Waals surface area contributed by atoms with Gasteiger partial charge in [0, 0.05) is 24.7 Å². The highest BCUT2D eigenvalue weighted by atomic mass is 19.1. The Labute approximate surface area is 172 Å². The molecule has 6 heteroatoms. The summed E-state index contributed by atoms with van der Waals surface area (Å²) in [5.74, 6) is -1.31. The van der Waals surface area contributed by atoms with Crippen molar-refractivity contribution in [1.29, 1.82) is 0 Å². The Balaban J connectivity index is 1.85. The van der Waals surface area contributed by atoms with E-state index in [0.29, 0.717) is 38.5 Å². The number of carbonyl (C=O) groups is 2. The summed E-state index contributed by atoms with van der Waals surface area (Å²) >= 11 is 0. The fourth-order valence-corrected chi connectivity index (χ4v) is 4.67. The van der Waals surface area contributed by atoms with Crippen molar-refractivity contribution in [3.05, 3.63) is 24.3 Å². The Hall–Kier alpha value is -1.53. The van der Waals surface area contributed by atoms with Gasteiger partial charge in [-0.2, -0.15) is 0 Å². The number of hydrogen-bond donors (Lipinski definition) is 3. The standard InChI is InChI=1S/C23H35FO5/c24-15-7-14-23(12-6-13-23)21(27)10-5-9-18-17(19(25)16-20(18)26)8-3-1-2-4-11-22(28)29/h1,3,5,9,17-18,20-21,26-27H,2,4,6-8,10-16H2,(H,28,29)/t17-,18-,20-,21?/m1/s1. The normalized spacial score (nSPS) is 27.6. The van der Waals surface area contributed by atoms with Crippen LogP contribution in [0.2, 0.25) is 0 Å². The maximum absolute atomic E-state index is 12.5. The molecule has 1 unspecified atom stereocenters. The predicted octanol–water partition coefficient (Wildman–Crippen LogP) is 3.98. The van der Waals surface area contributed by atoms with E-state index in [-0.39, 0.29) is 42.6 Å². The first kappa shape index (κ1) is 23.7. The molecule has 0 saturated heterocycles. The third kappa shape index (κ3) is 6.75. The molecule has 0 aromatic carbocycles. The zero-order valence-corrected chi connectivity index (χ0v) is 17.1. The summed E-state index contributed by atoms with van der Waals surface area (Å²) in [5.41, 5.74) is -0.168. The zero-order chi connectivity index (χ0) is 21.3. The van der Waals surface area contributed by atoms with Crippen LogP contribution in [0, 0.1) is 17.3 Å². The minimum absolute atomic E-state index is 0.0429. The van der Waals surface area contributed by atoms with Gasteiger partial charge in [-0.1, -0.05) is 30.7 Å². The molecule has 2 rings (SSSR count). The van der Waals surface area contributed by atoms with Crippen LogP contribution in [0.3, 0.4) is 0 Å². The summed E-state index contributed by atoms with van der Waals surface area (Å²) < 4.78 is 12.5. The molecular weight excluding hydrogens is 375 g/mol. The van der Waals surface area contributed by atoms with Crippen LogP contribution in [-0.4, -0.2) is 46.0 Å². The first-order chi connectivity index (χ1) is 13.9. The van der Waals surface area contributed by atoms with Gasteiger partial charge in [-0.05, 0) is 56.8 Å². The van der Waals surface area contributed by atoms with Gasteiger partial charge in [-0.25, -0.2) is 0 Å². The van der Waals surface area contributed by atoms with Crippen LogP contribution in [0.4, 0.5) is 4.39 Å². The molecule has 4 atom stereocenters. The van der Waals surface area contributed by atoms with Crippen molar-refractivity contribution >= 4 is 11.8 Å². The lowest BCUT2D eigenvalue weighted by Crippen LogP contribution is -2.41. The summed E-state index contributed by atoms with van der Waals surface area (Å²) in [6.45, 7) is -0.355.